The summed E-state index contributed by atoms with van der Waals surface area (Å²) in [5.41, 5.74) is -0.148. The second-order valence-electron chi connectivity index (χ2n) is 4.20. The van der Waals surface area contributed by atoms with Crippen molar-refractivity contribution in [3.05, 3.63) is 47.5 Å². The van der Waals surface area contributed by atoms with E-state index in [4.69, 9.17) is 4.74 Å². The van der Waals surface area contributed by atoms with Crippen LogP contribution in [0.2, 0.25) is 0 Å². The Morgan fingerprint density at radius 1 is 1.17 bits per heavy atom. The number of ether oxygens (including phenoxy) is 1. The highest BCUT2D eigenvalue weighted by molar-refractivity contribution is 5.83. The summed E-state index contributed by atoms with van der Waals surface area (Å²) in [6.07, 6.45) is -1.86. The summed E-state index contributed by atoms with van der Waals surface area (Å²) in [6, 6.07) is 4.68. The van der Waals surface area contributed by atoms with Crippen LogP contribution < -0.4 is 0 Å². The Hall–Kier alpha value is -1.78. The van der Waals surface area contributed by atoms with E-state index in [-0.39, 0.29) is 5.92 Å². The van der Waals surface area contributed by atoms with Crippen LogP contribution in [0.4, 0.5) is 13.2 Å². The van der Waals surface area contributed by atoms with E-state index in [1.807, 2.05) is 6.92 Å². The maximum Gasteiger partial charge on any atom is 0.416 e. The molecule has 1 aromatic carbocycles. The lowest BCUT2D eigenvalue weighted by molar-refractivity contribution is -0.146. The number of alkyl halides is 3. The second-order valence-corrected chi connectivity index (χ2v) is 4.20. The summed E-state index contributed by atoms with van der Waals surface area (Å²) < 4.78 is 42.3. The van der Waals surface area contributed by atoms with Crippen molar-refractivity contribution in [1.82, 2.24) is 0 Å². The van der Waals surface area contributed by atoms with Crippen LogP contribution >= 0.6 is 0 Å². The third-order valence-electron chi connectivity index (χ3n) is 2.82. The van der Waals surface area contributed by atoms with Crippen molar-refractivity contribution < 1.29 is 22.7 Å². The van der Waals surface area contributed by atoms with Crippen LogP contribution in [-0.4, -0.2) is 5.97 Å². The van der Waals surface area contributed by atoms with Gasteiger partial charge in [0.05, 0.1) is 5.56 Å². The summed E-state index contributed by atoms with van der Waals surface area (Å²) >= 11 is 0. The standard InChI is InChI=1S/C13H11F3O2/c1-8-2-7-11(17)18-12(8)9-3-5-10(6-4-9)13(14,15)16/h2-8,12H,1H3/t8-,12+/m1/s1. The Morgan fingerprint density at radius 3 is 2.33 bits per heavy atom. The van der Waals surface area contributed by atoms with Gasteiger partial charge < -0.3 is 4.74 Å². The number of benzene rings is 1. The Bertz CT molecular complexity index is 474. The molecule has 0 saturated carbocycles. The Kier molecular flexibility index (Phi) is 3.15. The van der Waals surface area contributed by atoms with Gasteiger partial charge in [0.25, 0.3) is 0 Å². The molecule has 96 valence electrons. The minimum Gasteiger partial charge on any atom is -0.454 e. The van der Waals surface area contributed by atoms with Crippen LogP contribution in [0, 0.1) is 5.92 Å². The molecule has 0 amide bonds. The number of carbonyl (C=O) groups excluding carboxylic acids is 1. The highest BCUT2D eigenvalue weighted by atomic mass is 19.4. The molecule has 0 fully saturated rings. The third kappa shape index (κ3) is 2.55. The van der Waals surface area contributed by atoms with Crippen molar-refractivity contribution in [2.75, 3.05) is 0 Å². The molecule has 18 heavy (non-hydrogen) atoms. The van der Waals surface area contributed by atoms with E-state index in [1.165, 1.54) is 18.2 Å². The van der Waals surface area contributed by atoms with Gasteiger partial charge in [-0.15, -0.1) is 0 Å². The fourth-order valence-electron chi connectivity index (χ4n) is 1.84. The monoisotopic (exact) mass is 256 g/mol. The molecule has 2 atom stereocenters. The van der Waals surface area contributed by atoms with Crippen molar-refractivity contribution in [2.24, 2.45) is 5.92 Å². The molecule has 0 N–H and O–H groups in total. The van der Waals surface area contributed by atoms with Gasteiger partial charge in [-0.2, -0.15) is 13.2 Å². The first kappa shape index (κ1) is 12.7. The molecule has 1 aromatic rings. The van der Waals surface area contributed by atoms with Gasteiger partial charge in [-0.25, -0.2) is 4.79 Å². The number of rotatable bonds is 1. The predicted octanol–water partition coefficient (Wildman–Crippen LogP) is 3.50. The van der Waals surface area contributed by atoms with E-state index in [2.05, 4.69) is 0 Å². The minimum absolute atomic E-state index is 0.0561. The summed E-state index contributed by atoms with van der Waals surface area (Å²) in [4.78, 5) is 11.1. The number of hydrogen-bond donors (Lipinski definition) is 0. The zero-order chi connectivity index (χ0) is 13.3. The van der Waals surface area contributed by atoms with Crippen molar-refractivity contribution in [3.63, 3.8) is 0 Å². The lowest BCUT2D eigenvalue weighted by Crippen LogP contribution is -2.20. The SMILES string of the molecule is C[C@@H]1C=CC(=O)O[C@@H]1c1ccc(C(F)(F)F)cc1. The first-order chi connectivity index (χ1) is 8.38. The molecule has 5 heteroatoms. The van der Waals surface area contributed by atoms with Gasteiger partial charge in [0.15, 0.2) is 0 Å². The van der Waals surface area contributed by atoms with Crippen molar-refractivity contribution >= 4 is 5.97 Å². The molecule has 1 aliphatic heterocycles. The summed E-state index contributed by atoms with van der Waals surface area (Å²) in [5, 5.41) is 0. The summed E-state index contributed by atoms with van der Waals surface area (Å²) in [5.74, 6) is -0.530. The minimum atomic E-state index is -4.35. The van der Waals surface area contributed by atoms with E-state index >= 15 is 0 Å². The normalized spacial score (nSPS) is 23.9. The number of halogens is 3. The maximum absolute atomic E-state index is 12.4. The number of hydrogen-bond acceptors (Lipinski definition) is 2. The Balaban J connectivity index is 2.25. The van der Waals surface area contributed by atoms with Gasteiger partial charge >= 0.3 is 12.1 Å². The van der Waals surface area contributed by atoms with Crippen molar-refractivity contribution in [1.29, 1.82) is 0 Å². The molecule has 2 rings (SSSR count). The highest BCUT2D eigenvalue weighted by Crippen LogP contribution is 2.33. The highest BCUT2D eigenvalue weighted by Gasteiger charge is 2.31. The van der Waals surface area contributed by atoms with Gasteiger partial charge in [0.1, 0.15) is 6.10 Å². The average molecular weight is 256 g/mol. The van der Waals surface area contributed by atoms with Gasteiger partial charge in [0, 0.05) is 12.0 Å². The molecule has 2 nitrogen and oxygen atoms in total. The van der Waals surface area contributed by atoms with Gasteiger partial charge in [-0.05, 0) is 17.7 Å². The maximum atomic E-state index is 12.4. The number of carbonyl (C=O) groups is 1. The lowest BCUT2D eigenvalue weighted by Gasteiger charge is -2.25. The molecule has 0 spiro atoms. The van der Waals surface area contributed by atoms with Crippen molar-refractivity contribution in [2.45, 2.75) is 19.2 Å². The molecule has 0 saturated heterocycles. The lowest BCUT2D eigenvalue weighted by atomic mass is 9.94. The molecule has 0 unspecified atom stereocenters. The average Bonchev–Trinajstić information content (AvgIpc) is 2.31. The van der Waals surface area contributed by atoms with Gasteiger partial charge in [0.2, 0.25) is 0 Å². The van der Waals surface area contributed by atoms with Gasteiger partial charge in [-0.1, -0.05) is 25.1 Å². The van der Waals surface area contributed by atoms with Crippen LogP contribution in [0.25, 0.3) is 0 Å². The summed E-state index contributed by atoms with van der Waals surface area (Å²) in [6.45, 7) is 1.84. The molecule has 1 heterocycles. The molecule has 1 aliphatic rings. The summed E-state index contributed by atoms with van der Waals surface area (Å²) in [7, 11) is 0. The molecule has 0 radical (unpaired) electrons. The third-order valence-corrected chi connectivity index (χ3v) is 2.82. The van der Waals surface area contributed by atoms with E-state index in [1.54, 1.807) is 6.08 Å². The van der Waals surface area contributed by atoms with E-state index < -0.39 is 23.8 Å². The Morgan fingerprint density at radius 2 is 1.78 bits per heavy atom. The molecular weight excluding hydrogens is 245 g/mol. The Labute approximate surface area is 102 Å². The first-order valence-electron chi connectivity index (χ1n) is 5.44. The predicted molar refractivity (Wildman–Crippen MR) is 58.6 cm³/mol. The zero-order valence-corrected chi connectivity index (χ0v) is 9.57. The van der Waals surface area contributed by atoms with E-state index in [9.17, 15) is 18.0 Å². The molecular formula is C13H11F3O2. The largest absolute Gasteiger partial charge is 0.454 e. The zero-order valence-electron chi connectivity index (χ0n) is 9.57. The van der Waals surface area contributed by atoms with Crippen LogP contribution in [0.5, 0.6) is 0 Å². The fraction of sp³-hybridized carbons (Fsp3) is 0.308. The quantitative estimate of drug-likeness (QED) is 0.719. The number of cyclic esters (lactones) is 1. The fourth-order valence-corrected chi connectivity index (χ4v) is 1.84. The van der Waals surface area contributed by atoms with Crippen molar-refractivity contribution in [3.8, 4) is 0 Å². The molecule has 0 bridgehead atoms. The van der Waals surface area contributed by atoms with Crippen LogP contribution in [-0.2, 0) is 15.7 Å². The van der Waals surface area contributed by atoms with E-state index in [0.717, 1.165) is 12.1 Å². The molecule has 0 aromatic heterocycles. The molecule has 0 aliphatic carbocycles. The first-order valence-corrected chi connectivity index (χ1v) is 5.44. The second kappa shape index (κ2) is 4.48. The number of esters is 1. The smallest absolute Gasteiger partial charge is 0.416 e. The van der Waals surface area contributed by atoms with Gasteiger partial charge in [-0.3, -0.25) is 0 Å². The topological polar surface area (TPSA) is 26.3 Å². The van der Waals surface area contributed by atoms with E-state index in [0.29, 0.717) is 5.56 Å². The van der Waals surface area contributed by atoms with Crippen LogP contribution in [0.1, 0.15) is 24.2 Å². The van der Waals surface area contributed by atoms with Crippen LogP contribution in [0.3, 0.4) is 0 Å². The van der Waals surface area contributed by atoms with Crippen LogP contribution in [0.15, 0.2) is 36.4 Å².